The Bertz CT molecular complexity index is 473. The van der Waals surface area contributed by atoms with E-state index in [1.807, 2.05) is 18.2 Å². The van der Waals surface area contributed by atoms with Crippen LogP contribution in [-0.4, -0.2) is 23.2 Å². The topological polar surface area (TPSA) is 49.3 Å². The monoisotopic (exact) mass is 437 g/mol. The molecule has 1 amide bonds. The molecule has 0 bridgehead atoms. The van der Waals surface area contributed by atoms with Crippen molar-refractivity contribution < 1.29 is 9.90 Å². The summed E-state index contributed by atoms with van der Waals surface area (Å²) in [6.07, 6.45) is 5.03. The fraction of sp³-hybridized carbons (Fsp3) is 0.500. The average molecular weight is 438 g/mol. The van der Waals surface area contributed by atoms with Crippen LogP contribution in [0.3, 0.4) is 0 Å². The number of aliphatic hydroxyl groups excluding tert-OH is 1. The zero-order chi connectivity index (χ0) is 13.9. The van der Waals surface area contributed by atoms with Gasteiger partial charge in [-0.25, -0.2) is 0 Å². The number of hydrogen-bond donors (Lipinski definition) is 2. The minimum Gasteiger partial charge on any atom is -0.394 e. The molecule has 2 rings (SSSR count). The van der Waals surface area contributed by atoms with E-state index in [1.54, 1.807) is 0 Å². The van der Waals surface area contributed by atoms with Crippen molar-refractivity contribution in [2.75, 3.05) is 6.61 Å². The van der Waals surface area contributed by atoms with Crippen molar-refractivity contribution in [1.82, 2.24) is 5.32 Å². The van der Waals surface area contributed by atoms with Crippen LogP contribution >= 0.6 is 38.5 Å². The molecule has 1 aliphatic carbocycles. The van der Waals surface area contributed by atoms with Crippen molar-refractivity contribution in [3.05, 3.63) is 31.8 Å². The van der Waals surface area contributed by atoms with E-state index in [9.17, 15) is 9.90 Å². The molecule has 0 spiro atoms. The van der Waals surface area contributed by atoms with Crippen molar-refractivity contribution in [1.29, 1.82) is 0 Å². The molecule has 0 saturated heterocycles. The van der Waals surface area contributed by atoms with Crippen LogP contribution < -0.4 is 5.32 Å². The highest BCUT2D eigenvalue weighted by Crippen LogP contribution is 2.29. The quantitative estimate of drug-likeness (QED) is 0.711. The maximum absolute atomic E-state index is 12.4. The summed E-state index contributed by atoms with van der Waals surface area (Å²) in [5.74, 6) is -0.110. The Labute approximate surface area is 135 Å². The minimum atomic E-state index is -0.434. The van der Waals surface area contributed by atoms with E-state index in [4.69, 9.17) is 0 Å². The van der Waals surface area contributed by atoms with Crippen LogP contribution in [-0.2, 0) is 0 Å². The highest BCUT2D eigenvalue weighted by Gasteiger charge is 2.33. The van der Waals surface area contributed by atoms with E-state index in [2.05, 4.69) is 43.8 Å². The highest BCUT2D eigenvalue weighted by atomic mass is 127. The Morgan fingerprint density at radius 2 is 2.05 bits per heavy atom. The normalized spacial score (nSPS) is 18.1. The highest BCUT2D eigenvalue weighted by molar-refractivity contribution is 14.1. The molecular weight excluding hydrogens is 421 g/mol. The van der Waals surface area contributed by atoms with Crippen molar-refractivity contribution in [2.45, 2.75) is 37.6 Å². The molecule has 2 N–H and O–H groups in total. The lowest BCUT2D eigenvalue weighted by Gasteiger charge is -2.36. The van der Waals surface area contributed by atoms with Gasteiger partial charge in [-0.15, -0.1) is 0 Å². The second kappa shape index (κ2) is 6.54. The Morgan fingerprint density at radius 1 is 1.37 bits per heavy atom. The molecule has 1 aliphatic rings. The van der Waals surface area contributed by atoms with E-state index >= 15 is 0 Å². The van der Waals surface area contributed by atoms with Crippen LogP contribution in [0.1, 0.15) is 42.5 Å². The Kier molecular flexibility index (Phi) is 5.25. The van der Waals surface area contributed by atoms with Gasteiger partial charge in [0.2, 0.25) is 0 Å². The lowest BCUT2D eigenvalue weighted by Crippen LogP contribution is -2.52. The van der Waals surface area contributed by atoms with Gasteiger partial charge in [-0.1, -0.05) is 19.3 Å². The minimum absolute atomic E-state index is 0.0142. The zero-order valence-electron chi connectivity index (χ0n) is 10.6. The van der Waals surface area contributed by atoms with Gasteiger partial charge in [0, 0.05) is 8.04 Å². The third-order valence-corrected chi connectivity index (χ3v) is 5.03. The van der Waals surface area contributed by atoms with Gasteiger partial charge in [0.25, 0.3) is 5.91 Å². The SMILES string of the molecule is O=C(NC1(CO)CCCCC1)c1cc(I)ccc1Br. The first kappa shape index (κ1) is 15.3. The summed E-state index contributed by atoms with van der Waals surface area (Å²) in [5, 5.41) is 12.7. The summed E-state index contributed by atoms with van der Waals surface area (Å²) in [6, 6.07) is 5.68. The van der Waals surface area contributed by atoms with Gasteiger partial charge in [-0.05, 0) is 69.6 Å². The lowest BCUT2D eigenvalue weighted by molar-refractivity contribution is 0.0758. The van der Waals surface area contributed by atoms with Gasteiger partial charge in [0.05, 0.1) is 17.7 Å². The Hall–Kier alpha value is -0.140. The Morgan fingerprint density at radius 3 is 2.68 bits per heavy atom. The number of nitrogens with one attached hydrogen (secondary N) is 1. The summed E-state index contributed by atoms with van der Waals surface area (Å²) in [4.78, 5) is 12.4. The Balaban J connectivity index is 2.17. The summed E-state index contributed by atoms with van der Waals surface area (Å²) in [5.41, 5.74) is 0.195. The molecule has 0 radical (unpaired) electrons. The largest absolute Gasteiger partial charge is 0.394 e. The second-order valence-corrected chi connectivity index (χ2v) is 7.18. The molecule has 0 aromatic heterocycles. The molecule has 0 atom stereocenters. The van der Waals surface area contributed by atoms with Crippen molar-refractivity contribution in [3.63, 3.8) is 0 Å². The van der Waals surface area contributed by atoms with Crippen LogP contribution in [0.2, 0.25) is 0 Å². The van der Waals surface area contributed by atoms with Gasteiger partial charge in [0.1, 0.15) is 0 Å². The molecule has 1 saturated carbocycles. The predicted octanol–water partition coefficient (Wildman–Crippen LogP) is 3.48. The van der Waals surface area contributed by atoms with Gasteiger partial charge in [0.15, 0.2) is 0 Å². The van der Waals surface area contributed by atoms with E-state index in [1.165, 1.54) is 6.42 Å². The zero-order valence-corrected chi connectivity index (χ0v) is 14.3. The van der Waals surface area contributed by atoms with Crippen molar-refractivity contribution in [2.24, 2.45) is 0 Å². The molecule has 1 fully saturated rings. The van der Waals surface area contributed by atoms with Crippen molar-refractivity contribution >= 4 is 44.4 Å². The van der Waals surface area contributed by atoms with Crippen LogP contribution in [0.15, 0.2) is 22.7 Å². The molecule has 0 heterocycles. The number of benzene rings is 1. The average Bonchev–Trinajstić information content (AvgIpc) is 2.42. The van der Waals surface area contributed by atoms with E-state index in [0.717, 1.165) is 33.7 Å². The molecule has 3 nitrogen and oxygen atoms in total. The molecule has 1 aromatic rings. The number of carbonyl (C=O) groups excluding carboxylic acids is 1. The number of amides is 1. The summed E-state index contributed by atoms with van der Waals surface area (Å²) < 4.78 is 1.81. The van der Waals surface area contributed by atoms with Gasteiger partial charge in [-0.3, -0.25) is 4.79 Å². The van der Waals surface area contributed by atoms with E-state index in [0.29, 0.717) is 5.56 Å². The van der Waals surface area contributed by atoms with Crippen LogP contribution in [0.25, 0.3) is 0 Å². The number of aliphatic hydroxyl groups is 1. The molecule has 5 heteroatoms. The third kappa shape index (κ3) is 3.70. The fourth-order valence-electron chi connectivity index (χ4n) is 2.53. The number of hydrogen-bond acceptors (Lipinski definition) is 2. The molecule has 104 valence electrons. The number of rotatable bonds is 3. The molecule has 1 aromatic carbocycles. The molecule has 0 aliphatic heterocycles. The van der Waals surface area contributed by atoms with Gasteiger partial charge in [-0.2, -0.15) is 0 Å². The molecule has 19 heavy (non-hydrogen) atoms. The maximum Gasteiger partial charge on any atom is 0.252 e. The first-order valence-corrected chi connectivity index (χ1v) is 8.32. The summed E-state index contributed by atoms with van der Waals surface area (Å²) in [7, 11) is 0. The van der Waals surface area contributed by atoms with Crippen LogP contribution in [0.4, 0.5) is 0 Å². The predicted molar refractivity (Wildman–Crippen MR) is 87.2 cm³/mol. The summed E-state index contributed by atoms with van der Waals surface area (Å²) >= 11 is 5.60. The standard InChI is InChI=1S/C14H17BrINO2/c15-12-5-4-10(16)8-11(12)13(19)17-14(9-18)6-2-1-3-7-14/h4-5,8,18H,1-3,6-7,9H2,(H,17,19). The van der Waals surface area contributed by atoms with Crippen molar-refractivity contribution in [3.8, 4) is 0 Å². The van der Waals surface area contributed by atoms with Gasteiger partial charge < -0.3 is 10.4 Å². The third-order valence-electron chi connectivity index (χ3n) is 3.67. The van der Waals surface area contributed by atoms with E-state index in [-0.39, 0.29) is 12.5 Å². The number of carbonyl (C=O) groups is 1. The van der Waals surface area contributed by atoms with E-state index < -0.39 is 5.54 Å². The molecular formula is C14H17BrINO2. The van der Waals surface area contributed by atoms with Crippen LogP contribution in [0.5, 0.6) is 0 Å². The second-order valence-electron chi connectivity index (χ2n) is 5.08. The molecule has 0 unspecified atom stereocenters. The van der Waals surface area contributed by atoms with Gasteiger partial charge >= 0.3 is 0 Å². The maximum atomic E-state index is 12.4. The lowest BCUT2D eigenvalue weighted by atomic mass is 9.82. The van der Waals surface area contributed by atoms with Crippen LogP contribution in [0, 0.1) is 3.57 Å². The summed E-state index contributed by atoms with van der Waals surface area (Å²) in [6.45, 7) is 0.0142. The smallest absolute Gasteiger partial charge is 0.252 e. The number of halogens is 2. The first-order chi connectivity index (χ1) is 9.06. The fourth-order valence-corrected chi connectivity index (χ4v) is 3.45. The first-order valence-electron chi connectivity index (χ1n) is 6.45.